The summed E-state index contributed by atoms with van der Waals surface area (Å²) in [7, 11) is 0. The lowest BCUT2D eigenvalue weighted by atomic mass is 9.88. The van der Waals surface area contributed by atoms with Crippen molar-refractivity contribution in [3.05, 3.63) is 65.7 Å². The van der Waals surface area contributed by atoms with Crippen LogP contribution in [0.4, 0.5) is 5.69 Å². The largest absolute Gasteiger partial charge is 0.398 e. The first-order valence-electron chi connectivity index (χ1n) is 11.0. The number of hydrogen-bond acceptors (Lipinski definition) is 3. The third kappa shape index (κ3) is 4.82. The highest BCUT2D eigenvalue weighted by Crippen LogP contribution is 2.31. The quantitative estimate of drug-likeness (QED) is 0.704. The van der Waals surface area contributed by atoms with Crippen molar-refractivity contribution in [3.8, 4) is 0 Å². The second-order valence-corrected chi connectivity index (χ2v) is 8.44. The molecule has 1 heterocycles. The molecule has 0 aromatic heterocycles. The summed E-state index contributed by atoms with van der Waals surface area (Å²) >= 11 is 0. The van der Waals surface area contributed by atoms with Gasteiger partial charge in [0.15, 0.2) is 0 Å². The maximum atomic E-state index is 6.31. The molecule has 1 aliphatic heterocycles. The number of likely N-dealkylation sites (tertiary alicyclic amines) is 1. The second-order valence-electron chi connectivity index (χ2n) is 8.44. The van der Waals surface area contributed by atoms with Gasteiger partial charge in [-0.3, -0.25) is 4.99 Å². The fraction of sp³-hybridized carbons (Fsp3) is 0.480. The molecule has 1 saturated carbocycles. The summed E-state index contributed by atoms with van der Waals surface area (Å²) in [5, 5.41) is 0. The van der Waals surface area contributed by atoms with E-state index in [0.29, 0.717) is 0 Å². The van der Waals surface area contributed by atoms with Crippen molar-refractivity contribution in [2.75, 3.05) is 25.4 Å². The van der Waals surface area contributed by atoms with Crippen molar-refractivity contribution in [1.82, 2.24) is 4.90 Å². The third-order valence-corrected chi connectivity index (χ3v) is 6.39. The summed E-state index contributed by atoms with van der Waals surface area (Å²) in [6.07, 6.45) is 9.34. The number of rotatable bonds is 5. The average Bonchev–Trinajstić information content (AvgIpc) is 2.75. The van der Waals surface area contributed by atoms with Gasteiger partial charge in [0, 0.05) is 36.6 Å². The van der Waals surface area contributed by atoms with E-state index < -0.39 is 0 Å². The summed E-state index contributed by atoms with van der Waals surface area (Å²) in [6.45, 7) is 3.60. The molecule has 1 unspecified atom stereocenters. The number of nitrogens with zero attached hydrogens (tertiary/aromatic N) is 2. The molecule has 2 N–H and O–H groups in total. The topological polar surface area (TPSA) is 41.6 Å². The zero-order valence-corrected chi connectivity index (χ0v) is 16.9. The van der Waals surface area contributed by atoms with E-state index in [1.54, 1.807) is 0 Å². The van der Waals surface area contributed by atoms with Crippen molar-refractivity contribution >= 4 is 11.4 Å². The van der Waals surface area contributed by atoms with E-state index in [9.17, 15) is 0 Å². The molecule has 0 amide bonds. The average molecular weight is 376 g/mol. The summed E-state index contributed by atoms with van der Waals surface area (Å²) in [6, 6.07) is 18.7. The van der Waals surface area contributed by atoms with Gasteiger partial charge in [0.25, 0.3) is 0 Å². The maximum absolute atomic E-state index is 6.31. The van der Waals surface area contributed by atoms with Crippen LogP contribution in [0.15, 0.2) is 59.6 Å². The Labute approximate surface area is 169 Å². The van der Waals surface area contributed by atoms with Crippen LogP contribution in [-0.4, -0.2) is 30.2 Å². The van der Waals surface area contributed by atoms with Gasteiger partial charge >= 0.3 is 0 Å². The van der Waals surface area contributed by atoms with Crippen molar-refractivity contribution in [1.29, 1.82) is 0 Å². The molecule has 2 aromatic rings. The molecule has 3 heteroatoms. The van der Waals surface area contributed by atoms with Gasteiger partial charge < -0.3 is 10.6 Å². The standard InChI is InChI=1S/C25H33N3/c26-24-14-8-7-13-23(24)25(21-11-5-2-6-12-21)27-22-15-17-28(18-16-22)19-20-9-3-1-4-10-20/h2,5-8,11-14,20,25H,1,3-4,9-10,15-19,26H2. The van der Waals surface area contributed by atoms with Gasteiger partial charge in [0.2, 0.25) is 0 Å². The van der Waals surface area contributed by atoms with Gasteiger partial charge in [-0.15, -0.1) is 0 Å². The highest BCUT2D eigenvalue weighted by molar-refractivity contribution is 5.86. The minimum Gasteiger partial charge on any atom is -0.398 e. The van der Waals surface area contributed by atoms with E-state index in [0.717, 1.165) is 43.1 Å². The van der Waals surface area contributed by atoms with Crippen molar-refractivity contribution in [2.45, 2.75) is 51.0 Å². The van der Waals surface area contributed by atoms with Crippen molar-refractivity contribution < 1.29 is 0 Å². The first-order valence-corrected chi connectivity index (χ1v) is 11.0. The van der Waals surface area contributed by atoms with Crippen LogP contribution < -0.4 is 5.73 Å². The minimum atomic E-state index is 0.00212. The lowest BCUT2D eigenvalue weighted by Crippen LogP contribution is -2.38. The van der Waals surface area contributed by atoms with E-state index in [2.05, 4.69) is 47.4 Å². The maximum Gasteiger partial charge on any atom is 0.102 e. The number of aliphatic imine (C=N–C) groups is 1. The van der Waals surface area contributed by atoms with Crippen molar-refractivity contribution in [2.24, 2.45) is 10.9 Å². The molecular weight excluding hydrogens is 342 g/mol. The number of benzene rings is 2. The second kappa shape index (κ2) is 9.38. The highest BCUT2D eigenvalue weighted by Gasteiger charge is 2.22. The van der Waals surface area contributed by atoms with Crippen LogP contribution in [0, 0.1) is 5.92 Å². The zero-order chi connectivity index (χ0) is 19.2. The Morgan fingerprint density at radius 3 is 2.29 bits per heavy atom. The predicted octanol–water partition coefficient (Wildman–Crippen LogP) is 5.48. The molecule has 1 aliphatic carbocycles. The number of nitrogens with two attached hydrogens (primary N) is 1. The smallest absolute Gasteiger partial charge is 0.102 e. The molecule has 2 aliphatic rings. The van der Waals surface area contributed by atoms with E-state index in [-0.39, 0.29) is 6.04 Å². The molecule has 4 rings (SSSR count). The van der Waals surface area contributed by atoms with Gasteiger partial charge in [0.05, 0.1) is 0 Å². The Morgan fingerprint density at radius 1 is 0.893 bits per heavy atom. The predicted molar refractivity (Wildman–Crippen MR) is 119 cm³/mol. The normalized spacial score (nSPS) is 20.1. The molecule has 2 aromatic carbocycles. The van der Waals surface area contributed by atoms with Crippen LogP contribution in [0.3, 0.4) is 0 Å². The van der Waals surface area contributed by atoms with Gasteiger partial charge in [-0.05, 0) is 43.2 Å². The van der Waals surface area contributed by atoms with Crippen LogP contribution >= 0.6 is 0 Å². The Bertz CT molecular complexity index is 767. The molecular formula is C25H33N3. The number of hydrogen-bond donors (Lipinski definition) is 1. The van der Waals surface area contributed by atoms with Crippen LogP contribution in [-0.2, 0) is 0 Å². The molecule has 0 radical (unpaired) electrons. The fourth-order valence-corrected chi connectivity index (χ4v) is 4.76. The molecule has 148 valence electrons. The minimum absolute atomic E-state index is 0.00212. The van der Waals surface area contributed by atoms with E-state index in [1.165, 1.54) is 49.9 Å². The Morgan fingerprint density at radius 2 is 1.57 bits per heavy atom. The van der Waals surface area contributed by atoms with E-state index in [4.69, 9.17) is 10.7 Å². The van der Waals surface area contributed by atoms with Gasteiger partial charge in [0.1, 0.15) is 6.04 Å². The van der Waals surface area contributed by atoms with E-state index in [1.807, 2.05) is 12.1 Å². The van der Waals surface area contributed by atoms with Crippen LogP contribution in [0.1, 0.15) is 62.1 Å². The molecule has 28 heavy (non-hydrogen) atoms. The van der Waals surface area contributed by atoms with Crippen LogP contribution in [0.2, 0.25) is 0 Å². The Kier molecular flexibility index (Phi) is 6.43. The van der Waals surface area contributed by atoms with Crippen molar-refractivity contribution in [3.63, 3.8) is 0 Å². The summed E-state index contributed by atoms with van der Waals surface area (Å²) < 4.78 is 0. The molecule has 2 fully saturated rings. The monoisotopic (exact) mass is 375 g/mol. The number of piperidine rings is 1. The number of para-hydroxylation sites is 1. The lowest BCUT2D eigenvalue weighted by molar-refractivity contribution is 0.200. The highest BCUT2D eigenvalue weighted by atomic mass is 15.1. The first-order chi connectivity index (χ1) is 13.8. The number of anilines is 1. The Balaban J connectivity index is 1.46. The van der Waals surface area contributed by atoms with Gasteiger partial charge in [-0.25, -0.2) is 0 Å². The third-order valence-electron chi connectivity index (χ3n) is 6.39. The summed E-state index contributed by atoms with van der Waals surface area (Å²) in [5.74, 6) is 0.924. The van der Waals surface area contributed by atoms with Gasteiger partial charge in [-0.2, -0.15) is 0 Å². The molecule has 3 nitrogen and oxygen atoms in total. The van der Waals surface area contributed by atoms with E-state index >= 15 is 0 Å². The van der Waals surface area contributed by atoms with Crippen LogP contribution in [0.25, 0.3) is 0 Å². The molecule has 0 spiro atoms. The zero-order valence-electron chi connectivity index (χ0n) is 16.9. The first kappa shape index (κ1) is 19.2. The van der Waals surface area contributed by atoms with Crippen LogP contribution in [0.5, 0.6) is 0 Å². The number of nitrogen functional groups attached to an aromatic ring is 1. The molecule has 1 saturated heterocycles. The molecule has 1 atom stereocenters. The Hall–Kier alpha value is -2.13. The SMILES string of the molecule is Nc1ccccc1C(N=C1CCN(CC2CCCCC2)CC1)c1ccccc1. The summed E-state index contributed by atoms with van der Waals surface area (Å²) in [4.78, 5) is 7.90. The molecule has 0 bridgehead atoms. The van der Waals surface area contributed by atoms with Gasteiger partial charge in [-0.1, -0.05) is 67.8 Å². The lowest BCUT2D eigenvalue weighted by Gasteiger charge is -2.33. The summed E-state index contributed by atoms with van der Waals surface area (Å²) in [5.41, 5.74) is 10.8. The fourth-order valence-electron chi connectivity index (χ4n) is 4.76.